The first-order valence-corrected chi connectivity index (χ1v) is 33.8. The van der Waals surface area contributed by atoms with Crippen LogP contribution in [0.5, 0.6) is 0 Å². The minimum Gasteiger partial charge on any atom is -0.481 e. The molecule has 4 amide bonds. The molecule has 0 saturated heterocycles. The van der Waals surface area contributed by atoms with Crippen LogP contribution in [-0.4, -0.2) is 130 Å². The zero-order valence-corrected chi connectivity index (χ0v) is 54.4. The highest BCUT2D eigenvalue weighted by Gasteiger charge is 2.55. The van der Waals surface area contributed by atoms with Crippen LogP contribution in [0.4, 0.5) is 0 Å². The van der Waals surface area contributed by atoms with Gasteiger partial charge in [0.2, 0.25) is 23.6 Å². The largest absolute Gasteiger partial charge is 0.481 e. The minimum absolute atomic E-state index is 0.00359. The van der Waals surface area contributed by atoms with Gasteiger partial charge in [-0.15, -0.1) is 11.6 Å². The number of carbonyl (C=O) groups excluding carboxylic acids is 6. The number of carboxylic acids is 1. The first kappa shape index (κ1) is 69.3. The van der Waals surface area contributed by atoms with Gasteiger partial charge in [0.15, 0.2) is 0 Å². The molecule has 0 radical (unpaired) electrons. The lowest BCUT2D eigenvalue weighted by Crippen LogP contribution is -2.45. The molecular formula is C71H103ClN6O11. The molecule has 6 N–H and O–H groups in total. The normalized spacial score (nSPS) is 39.7. The summed E-state index contributed by atoms with van der Waals surface area (Å²) in [4.78, 5) is 83.0. The van der Waals surface area contributed by atoms with Crippen molar-refractivity contribution in [3.63, 3.8) is 0 Å². The molecule has 18 heteroatoms. The lowest BCUT2D eigenvalue weighted by molar-refractivity contribution is -0.147. The van der Waals surface area contributed by atoms with Crippen LogP contribution in [0.15, 0.2) is 74.4 Å². The number of fused-ring (bicyclic) bond motifs is 15. The number of nitriles is 1. The molecular weight excluding hydrogens is 1150 g/mol. The van der Waals surface area contributed by atoms with Crippen LogP contribution in [0.25, 0.3) is 0 Å². The van der Waals surface area contributed by atoms with Crippen molar-refractivity contribution in [3.8, 4) is 6.07 Å². The summed E-state index contributed by atoms with van der Waals surface area (Å²) in [6.07, 6.45) is 26.7. The zero-order valence-electron chi connectivity index (χ0n) is 53.6. The summed E-state index contributed by atoms with van der Waals surface area (Å²) in [6.45, 7) is 26.5. The van der Waals surface area contributed by atoms with Gasteiger partial charge in [0.25, 0.3) is 0 Å². The second kappa shape index (κ2) is 30.2. The van der Waals surface area contributed by atoms with Crippen molar-refractivity contribution in [1.29, 1.82) is 5.26 Å². The Labute approximate surface area is 534 Å². The number of rotatable bonds is 13. The van der Waals surface area contributed by atoms with Crippen molar-refractivity contribution in [2.24, 2.45) is 100 Å². The fourth-order valence-corrected chi connectivity index (χ4v) is 19.6. The smallest absolute Gasteiger partial charge is 0.333 e. The van der Waals surface area contributed by atoms with Crippen molar-refractivity contribution in [1.82, 2.24) is 20.4 Å². The summed E-state index contributed by atoms with van der Waals surface area (Å²) < 4.78 is 10.5. The lowest BCUT2D eigenvalue weighted by atomic mass is 9.69. The Morgan fingerprint density at radius 3 is 1.66 bits per heavy atom. The number of ether oxygens (including phenoxy) is 2. The predicted octanol–water partition coefficient (Wildman–Crippen LogP) is 9.78. The van der Waals surface area contributed by atoms with Gasteiger partial charge in [-0.25, -0.2) is 9.59 Å². The molecule has 25 atom stereocenters. The fourth-order valence-electron chi connectivity index (χ4n) is 19.1. The third-order valence-electron chi connectivity index (χ3n) is 23.6. The van der Waals surface area contributed by atoms with Crippen LogP contribution >= 0.6 is 11.6 Å². The number of nitrogens with zero attached hydrogens (tertiary/aromatic N) is 3. The van der Waals surface area contributed by atoms with Crippen molar-refractivity contribution >= 4 is 53.1 Å². The van der Waals surface area contributed by atoms with Crippen molar-refractivity contribution in [2.45, 2.75) is 210 Å². The molecule has 13 aliphatic carbocycles. The van der Waals surface area contributed by atoms with Gasteiger partial charge in [0.1, 0.15) is 12.2 Å². The Morgan fingerprint density at radius 1 is 0.573 bits per heavy atom. The van der Waals surface area contributed by atoms with E-state index in [-0.39, 0.29) is 77.7 Å². The van der Waals surface area contributed by atoms with E-state index in [1.807, 2.05) is 18.9 Å². The number of hydrogen-bond acceptors (Lipinski definition) is 12. The van der Waals surface area contributed by atoms with Gasteiger partial charge in [-0.1, -0.05) is 52.3 Å². The minimum atomic E-state index is -0.677. The Morgan fingerprint density at radius 2 is 1.17 bits per heavy atom. The number of alkyl halides is 1. The zero-order chi connectivity index (χ0) is 64.9. The Bertz CT molecular complexity index is 2690. The molecule has 25 unspecified atom stereocenters. The van der Waals surface area contributed by atoms with E-state index in [0.29, 0.717) is 99.5 Å². The van der Waals surface area contributed by atoms with E-state index in [4.69, 9.17) is 37.2 Å². The number of amides is 4. The number of halogens is 1. The van der Waals surface area contributed by atoms with Gasteiger partial charge in [0, 0.05) is 78.4 Å². The molecule has 490 valence electrons. The fraction of sp³-hybridized carbons (Fsp3) is 0.718. The van der Waals surface area contributed by atoms with E-state index in [1.165, 1.54) is 69.6 Å². The monoisotopic (exact) mass is 1250 g/mol. The number of nitrogens with one attached hydrogen (secondary N) is 2. The van der Waals surface area contributed by atoms with Crippen molar-refractivity contribution in [3.05, 3.63) is 74.4 Å². The van der Waals surface area contributed by atoms with Crippen LogP contribution < -0.4 is 16.4 Å². The maximum Gasteiger partial charge on any atom is 0.333 e. The third kappa shape index (κ3) is 16.2. The Kier molecular flexibility index (Phi) is 23.6. The molecule has 0 aromatic carbocycles. The number of likely N-dealkylation sites (N-methyl/N-ethyl adjacent to an activating group) is 2. The van der Waals surface area contributed by atoms with Crippen molar-refractivity contribution < 1.29 is 53.2 Å². The first-order valence-electron chi connectivity index (χ1n) is 33.3. The van der Waals surface area contributed by atoms with E-state index in [9.17, 15) is 38.7 Å². The maximum absolute atomic E-state index is 12.1. The van der Waals surface area contributed by atoms with Crippen LogP contribution in [0.1, 0.15) is 156 Å². The number of hydrogen-bond donors (Lipinski definition) is 5. The molecule has 13 saturated carbocycles. The first-order chi connectivity index (χ1) is 42.2. The molecule has 0 aromatic rings. The van der Waals surface area contributed by atoms with Gasteiger partial charge in [-0.2, -0.15) is 5.26 Å². The maximum atomic E-state index is 12.1. The SMILES string of the molecule is C=C(C)C(=O)N(C)C1CC2CC1C1CCCCC21.C=C(C)C(=O)NC1CC2CC1CC2N.C=C(C)C(=O)OC1CC2CC1CC2C#N.C=CC(=O)N(C)C1CC2CC1CC2C(=O)O.C=CC(=O)NC1CC2CC1CC2Cl.C=CC(=O)OC1CC2CC1CC2O. The van der Waals surface area contributed by atoms with Crippen LogP contribution in [-0.2, 0) is 43.0 Å². The van der Waals surface area contributed by atoms with Crippen molar-refractivity contribution in [2.75, 3.05) is 14.1 Å². The Balaban J connectivity index is 0.000000139. The standard InChI is InChI=1S/C16H25NO.C12H17NO3.C12H15NO2.C11H18N2O.C10H14ClNO.C10H14O3/c1-10(2)16(18)17(3)15-9-11-8-14(15)13-7-5-4-6-12(11)13;1-3-11(14)13(2)10-6-7-4-8(10)5-9(7)12(15)16;1-7(2)12(14)15-11-5-8-3-9(11)4-10(8)6-13;1-6(2)11(14)13-10-5-7-3-8(10)4-9(7)12;1-2-10(13)12-9-5-6-3-7(9)4-8(6)11;1-2-10(12)13-9-5-6-3-7(9)4-8(6)11/h11-15H,1,4-9H2,2-3H3;3,7-10H,1,4-6H2,2H3,(H,15,16);8-11H,1,3-5H2,2H3;7-10H,1,3-5,12H2,2H3,(H,13,14);2,6-9H,1,3-5H2,(H,12,13);2,6-9,11H,1,3-5H2. The molecule has 0 aromatic heterocycles. The lowest BCUT2D eigenvalue weighted by Gasteiger charge is -2.42. The van der Waals surface area contributed by atoms with Gasteiger partial charge >= 0.3 is 17.9 Å². The molecule has 13 aliphatic rings. The van der Waals surface area contributed by atoms with E-state index in [1.54, 1.807) is 25.8 Å². The number of aliphatic hydroxyl groups is 1. The summed E-state index contributed by atoms with van der Waals surface area (Å²) in [5, 5.41) is 33.7. The Hall–Kier alpha value is -5.57. The summed E-state index contributed by atoms with van der Waals surface area (Å²) >= 11 is 6.11. The second-order valence-corrected chi connectivity index (χ2v) is 29.7. The summed E-state index contributed by atoms with van der Waals surface area (Å²) in [7, 11) is 3.77. The van der Waals surface area contributed by atoms with Gasteiger partial charge in [0.05, 0.1) is 18.1 Å². The summed E-state index contributed by atoms with van der Waals surface area (Å²) in [5.74, 6) is 7.02. The molecule has 17 nitrogen and oxygen atoms in total. The molecule has 0 spiro atoms. The molecule has 12 bridgehead atoms. The second-order valence-electron chi connectivity index (χ2n) is 29.1. The van der Waals surface area contributed by atoms with Gasteiger partial charge < -0.3 is 45.9 Å². The molecule has 0 aliphatic heterocycles. The highest BCUT2D eigenvalue weighted by atomic mass is 35.5. The highest BCUT2D eigenvalue weighted by Crippen LogP contribution is 2.59. The number of nitrogens with two attached hydrogens (primary N) is 1. The van der Waals surface area contributed by atoms with Gasteiger partial charge in [-0.05, 0) is 238 Å². The molecule has 89 heavy (non-hydrogen) atoms. The van der Waals surface area contributed by atoms with E-state index in [2.05, 4.69) is 56.2 Å². The van der Waals surface area contributed by atoms with E-state index in [0.717, 1.165) is 107 Å². The molecule has 13 rings (SSSR count). The topological polar surface area (TPSA) is 259 Å². The van der Waals surface area contributed by atoms with E-state index >= 15 is 0 Å². The number of esters is 2. The average Bonchev–Trinajstić information content (AvgIpc) is 1.75. The number of aliphatic carboxylic acids is 1. The molecule has 0 heterocycles. The molecule has 13 fully saturated rings. The number of carbonyl (C=O) groups is 7. The summed E-state index contributed by atoms with van der Waals surface area (Å²) in [5.41, 5.74) is 7.67. The number of aliphatic hydroxyl groups excluding tert-OH is 1. The third-order valence-corrected chi connectivity index (χ3v) is 24.2. The van der Waals surface area contributed by atoms with Crippen LogP contribution in [0.3, 0.4) is 0 Å². The average molecular weight is 1250 g/mol. The highest BCUT2D eigenvalue weighted by molar-refractivity contribution is 6.21. The van der Waals surface area contributed by atoms with Gasteiger partial charge in [-0.3, -0.25) is 24.0 Å². The number of carboxylic acid groups (broad SMARTS) is 1. The summed E-state index contributed by atoms with van der Waals surface area (Å²) in [6, 6.07) is 4.12. The quantitative estimate of drug-likeness (QED) is 0.0654. The predicted molar refractivity (Wildman–Crippen MR) is 341 cm³/mol. The van der Waals surface area contributed by atoms with Crippen LogP contribution in [0.2, 0.25) is 0 Å². The van der Waals surface area contributed by atoms with Crippen LogP contribution in [0, 0.1) is 106 Å². The van der Waals surface area contributed by atoms with E-state index < -0.39 is 5.97 Å².